The van der Waals surface area contributed by atoms with Gasteiger partial charge in [0.05, 0.1) is 18.1 Å². The molecule has 0 saturated carbocycles. The topological polar surface area (TPSA) is 63.6 Å². The molecule has 1 rings (SSSR count). The summed E-state index contributed by atoms with van der Waals surface area (Å²) in [6.45, 7) is 1.62. The molecule has 0 spiro atoms. The molecule has 0 radical (unpaired) electrons. The van der Waals surface area contributed by atoms with E-state index in [4.69, 9.17) is 5.11 Å². The largest absolute Gasteiger partial charge is 0.478 e. The summed E-state index contributed by atoms with van der Waals surface area (Å²) < 4.78 is 4.63. The number of hydrogen-bond donors (Lipinski definition) is 1. The van der Waals surface area contributed by atoms with E-state index in [0.717, 1.165) is 6.42 Å². The fourth-order valence-corrected chi connectivity index (χ4v) is 1.82. The maximum absolute atomic E-state index is 11.5. The maximum Gasteiger partial charge on any atom is 0.332 e. The second-order valence-corrected chi connectivity index (χ2v) is 3.64. The summed E-state index contributed by atoms with van der Waals surface area (Å²) in [6.07, 6.45) is 3.69. The van der Waals surface area contributed by atoms with E-state index in [-0.39, 0.29) is 5.57 Å². The van der Waals surface area contributed by atoms with Gasteiger partial charge in [-0.15, -0.1) is 0 Å². The van der Waals surface area contributed by atoms with Crippen LogP contribution in [0.5, 0.6) is 0 Å². The Kier molecular flexibility index (Phi) is 2.93. The van der Waals surface area contributed by atoms with Crippen LogP contribution in [0.2, 0.25) is 0 Å². The molecule has 14 heavy (non-hydrogen) atoms. The van der Waals surface area contributed by atoms with Crippen LogP contribution in [0.3, 0.4) is 0 Å². The van der Waals surface area contributed by atoms with Gasteiger partial charge in [-0.1, -0.05) is 6.08 Å². The van der Waals surface area contributed by atoms with Gasteiger partial charge in [-0.2, -0.15) is 0 Å². The third kappa shape index (κ3) is 1.64. The highest BCUT2D eigenvalue weighted by molar-refractivity contribution is 5.97. The van der Waals surface area contributed by atoms with E-state index in [9.17, 15) is 9.59 Å². The highest BCUT2D eigenvalue weighted by Crippen LogP contribution is 2.38. The third-order valence-electron chi connectivity index (χ3n) is 2.69. The first-order chi connectivity index (χ1) is 6.52. The molecule has 1 unspecified atom stereocenters. The molecule has 0 aromatic rings. The average Bonchev–Trinajstić information content (AvgIpc) is 2.16. The summed E-state index contributed by atoms with van der Waals surface area (Å²) in [5.41, 5.74) is -0.811. The number of carbonyl (C=O) groups excluding carboxylic acids is 1. The van der Waals surface area contributed by atoms with Gasteiger partial charge in [0, 0.05) is 0 Å². The first-order valence-electron chi connectivity index (χ1n) is 4.54. The first-order valence-corrected chi connectivity index (χ1v) is 4.54. The van der Waals surface area contributed by atoms with Crippen LogP contribution in [0.15, 0.2) is 11.6 Å². The number of carboxylic acid groups (broad SMARTS) is 1. The molecule has 0 bridgehead atoms. The second-order valence-electron chi connectivity index (χ2n) is 3.64. The molecule has 1 N–H and O–H groups in total. The first kappa shape index (κ1) is 10.8. The molecule has 1 atom stereocenters. The van der Waals surface area contributed by atoms with Crippen molar-refractivity contribution in [2.75, 3.05) is 7.11 Å². The van der Waals surface area contributed by atoms with Crippen molar-refractivity contribution in [3.05, 3.63) is 11.6 Å². The second kappa shape index (κ2) is 3.82. The average molecular weight is 198 g/mol. The highest BCUT2D eigenvalue weighted by Gasteiger charge is 2.42. The highest BCUT2D eigenvalue weighted by atomic mass is 16.5. The minimum atomic E-state index is -1.03. The number of aliphatic carboxylic acids is 1. The zero-order chi connectivity index (χ0) is 10.8. The molecule has 4 nitrogen and oxygen atoms in total. The van der Waals surface area contributed by atoms with Crippen molar-refractivity contribution in [2.24, 2.45) is 5.41 Å². The van der Waals surface area contributed by atoms with Crippen LogP contribution in [0.1, 0.15) is 26.2 Å². The minimum absolute atomic E-state index is 0.163. The van der Waals surface area contributed by atoms with Crippen molar-refractivity contribution in [3.63, 3.8) is 0 Å². The summed E-state index contributed by atoms with van der Waals surface area (Å²) in [5.74, 6) is -1.50. The Morgan fingerprint density at radius 3 is 2.71 bits per heavy atom. The lowest BCUT2D eigenvalue weighted by atomic mass is 9.74. The number of methoxy groups -OCH3 is 1. The van der Waals surface area contributed by atoms with Crippen LogP contribution >= 0.6 is 0 Å². The van der Waals surface area contributed by atoms with Gasteiger partial charge in [0.1, 0.15) is 0 Å². The van der Waals surface area contributed by atoms with Gasteiger partial charge in [0.15, 0.2) is 0 Å². The predicted molar refractivity (Wildman–Crippen MR) is 49.7 cm³/mol. The molecule has 4 heteroatoms. The van der Waals surface area contributed by atoms with E-state index in [1.807, 2.05) is 0 Å². The van der Waals surface area contributed by atoms with Crippen LogP contribution in [0, 0.1) is 5.41 Å². The third-order valence-corrected chi connectivity index (χ3v) is 2.69. The van der Waals surface area contributed by atoms with Gasteiger partial charge < -0.3 is 9.84 Å². The van der Waals surface area contributed by atoms with E-state index in [1.165, 1.54) is 7.11 Å². The van der Waals surface area contributed by atoms with Crippen LogP contribution in [0.25, 0.3) is 0 Å². The van der Waals surface area contributed by atoms with Gasteiger partial charge in [-0.25, -0.2) is 4.79 Å². The minimum Gasteiger partial charge on any atom is -0.478 e. The summed E-state index contributed by atoms with van der Waals surface area (Å²) >= 11 is 0. The Balaban J connectivity index is 3.06. The van der Waals surface area contributed by atoms with E-state index >= 15 is 0 Å². The Hall–Kier alpha value is -1.32. The quantitative estimate of drug-likeness (QED) is 0.680. The molecule has 0 aromatic carbocycles. The van der Waals surface area contributed by atoms with E-state index in [0.29, 0.717) is 12.8 Å². The number of hydrogen-bond acceptors (Lipinski definition) is 3. The van der Waals surface area contributed by atoms with Gasteiger partial charge >= 0.3 is 11.9 Å². The van der Waals surface area contributed by atoms with Gasteiger partial charge in [0.25, 0.3) is 0 Å². The molecule has 0 aromatic heterocycles. The fraction of sp³-hybridized carbons (Fsp3) is 0.600. The lowest BCUT2D eigenvalue weighted by molar-refractivity contribution is -0.153. The maximum atomic E-state index is 11.5. The number of esters is 1. The molecule has 0 saturated heterocycles. The predicted octanol–water partition coefficient (Wildman–Crippen LogP) is 1.36. The number of allylic oxidation sites excluding steroid dienone is 1. The Morgan fingerprint density at radius 1 is 1.57 bits per heavy atom. The van der Waals surface area contributed by atoms with Crippen molar-refractivity contribution < 1.29 is 19.4 Å². The lowest BCUT2D eigenvalue weighted by Gasteiger charge is -2.30. The summed E-state index contributed by atoms with van der Waals surface area (Å²) in [4.78, 5) is 22.4. The zero-order valence-corrected chi connectivity index (χ0v) is 8.37. The molecule has 0 heterocycles. The van der Waals surface area contributed by atoms with E-state index in [2.05, 4.69) is 4.74 Å². The molecule has 1 aliphatic rings. The van der Waals surface area contributed by atoms with Crippen LogP contribution in [-0.4, -0.2) is 24.2 Å². The standard InChI is InChI=1S/C10H14O4/c1-10(9(13)14-2)6-4-3-5-7(10)8(11)12/h5H,3-4,6H2,1-2H3,(H,11,12). The molecule has 0 aliphatic heterocycles. The van der Waals surface area contributed by atoms with Crippen molar-refractivity contribution in [2.45, 2.75) is 26.2 Å². The summed E-state index contributed by atoms with van der Waals surface area (Å²) in [6, 6.07) is 0. The van der Waals surface area contributed by atoms with Gasteiger partial charge in [-0.3, -0.25) is 4.79 Å². The lowest BCUT2D eigenvalue weighted by Crippen LogP contribution is -2.36. The van der Waals surface area contributed by atoms with Crippen molar-refractivity contribution in [1.82, 2.24) is 0 Å². The monoisotopic (exact) mass is 198 g/mol. The Labute approximate surface area is 82.6 Å². The fourth-order valence-electron chi connectivity index (χ4n) is 1.82. The molecule has 0 amide bonds. The number of carbonyl (C=O) groups is 2. The van der Waals surface area contributed by atoms with Crippen molar-refractivity contribution >= 4 is 11.9 Å². The normalized spacial score (nSPS) is 26.6. The number of ether oxygens (including phenoxy) is 1. The summed E-state index contributed by atoms with van der Waals surface area (Å²) in [7, 11) is 1.28. The molecular weight excluding hydrogens is 184 g/mol. The van der Waals surface area contributed by atoms with Crippen LogP contribution in [0.4, 0.5) is 0 Å². The van der Waals surface area contributed by atoms with Crippen LogP contribution < -0.4 is 0 Å². The zero-order valence-electron chi connectivity index (χ0n) is 8.37. The van der Waals surface area contributed by atoms with Crippen molar-refractivity contribution in [3.8, 4) is 0 Å². The molecule has 0 fully saturated rings. The van der Waals surface area contributed by atoms with Crippen molar-refractivity contribution in [1.29, 1.82) is 0 Å². The summed E-state index contributed by atoms with van der Waals surface area (Å²) in [5, 5.41) is 8.94. The SMILES string of the molecule is COC(=O)C1(C)CCCC=C1C(=O)O. The number of carboxylic acids is 1. The smallest absolute Gasteiger partial charge is 0.332 e. The molecule has 78 valence electrons. The van der Waals surface area contributed by atoms with Gasteiger partial charge in [-0.05, 0) is 26.2 Å². The Bertz CT molecular complexity index is 292. The molecular formula is C10H14O4. The van der Waals surface area contributed by atoms with Crippen LogP contribution in [-0.2, 0) is 14.3 Å². The number of rotatable bonds is 2. The molecule has 1 aliphatic carbocycles. The van der Waals surface area contributed by atoms with Gasteiger partial charge in [0.2, 0.25) is 0 Å². The van der Waals surface area contributed by atoms with E-state index < -0.39 is 17.4 Å². The Morgan fingerprint density at radius 2 is 2.21 bits per heavy atom. The van der Waals surface area contributed by atoms with E-state index in [1.54, 1.807) is 13.0 Å².